The molecule has 3 heterocycles. The molecular weight excluding hydrogens is 366 g/mol. The molecule has 0 bridgehead atoms. The highest BCUT2D eigenvalue weighted by molar-refractivity contribution is 7.15. The third kappa shape index (κ3) is 3.23. The first-order valence-electron chi connectivity index (χ1n) is 8.08. The van der Waals surface area contributed by atoms with Crippen LogP contribution in [0.5, 0.6) is 5.75 Å². The van der Waals surface area contributed by atoms with Gasteiger partial charge in [0, 0.05) is 17.3 Å². The van der Waals surface area contributed by atoms with Crippen LogP contribution in [0, 0.1) is 6.92 Å². The number of hydrogen-bond donors (Lipinski definition) is 1. The number of carbonyl (C=O) groups is 1. The number of anilines is 1. The number of imidazole rings is 1. The number of hydrogen-bond acceptors (Lipinski definition) is 5. The number of aromatic nitrogens is 2. The Balaban J connectivity index is 1.55. The number of carbonyl (C=O) groups excluding carboxylic acids is 1. The van der Waals surface area contributed by atoms with Gasteiger partial charge in [-0.3, -0.25) is 9.20 Å². The number of amides is 1. The first kappa shape index (κ1) is 16.8. The summed E-state index contributed by atoms with van der Waals surface area (Å²) in [5.74, 6) is 0.571. The molecule has 26 heavy (non-hydrogen) atoms. The minimum absolute atomic E-state index is 0.0834. The average molecular weight is 383 g/mol. The second-order valence-electron chi connectivity index (χ2n) is 5.91. The maximum absolute atomic E-state index is 12.5. The van der Waals surface area contributed by atoms with E-state index in [1.807, 2.05) is 58.6 Å². The van der Waals surface area contributed by atoms with E-state index >= 15 is 0 Å². The molecule has 4 rings (SSSR count). The smallest absolute Gasteiger partial charge is 0.230 e. The Morgan fingerprint density at radius 3 is 2.96 bits per heavy atom. The van der Waals surface area contributed by atoms with Crippen LogP contribution in [0.3, 0.4) is 0 Å². The molecule has 1 amide bonds. The summed E-state index contributed by atoms with van der Waals surface area (Å²) in [5.41, 5.74) is 3.61. The molecule has 132 valence electrons. The van der Waals surface area contributed by atoms with E-state index in [0.717, 1.165) is 26.8 Å². The number of methoxy groups -OCH3 is 1. The molecule has 0 spiro atoms. The molecule has 0 unspecified atom stereocenters. The third-order valence-electron chi connectivity index (χ3n) is 4.03. The monoisotopic (exact) mass is 383 g/mol. The molecular formula is C19H17N3O2S2. The van der Waals surface area contributed by atoms with Gasteiger partial charge in [0.25, 0.3) is 0 Å². The molecule has 1 aromatic carbocycles. The highest BCUT2D eigenvalue weighted by atomic mass is 32.1. The standard InChI is InChI=1S/C19H17N3O2S2/c1-12-5-6-16(24-2)14(8-12)20-18(23)9-13-11-26-19-21-15(10-22(13)19)17-4-3-7-25-17/h3-8,10-11H,9H2,1-2H3,(H,20,23). The van der Waals surface area contributed by atoms with Gasteiger partial charge in [0.15, 0.2) is 4.96 Å². The van der Waals surface area contributed by atoms with E-state index in [1.54, 1.807) is 29.8 Å². The Bertz CT molecular complexity index is 1060. The van der Waals surface area contributed by atoms with Crippen LogP contribution < -0.4 is 10.1 Å². The normalized spacial score (nSPS) is 11.0. The summed E-state index contributed by atoms with van der Waals surface area (Å²) in [5, 5.41) is 6.96. The van der Waals surface area contributed by atoms with Crippen molar-refractivity contribution in [2.24, 2.45) is 0 Å². The number of ether oxygens (including phenoxy) is 1. The number of thiazole rings is 1. The lowest BCUT2D eigenvalue weighted by atomic mass is 10.2. The quantitative estimate of drug-likeness (QED) is 0.547. The van der Waals surface area contributed by atoms with Gasteiger partial charge in [-0.25, -0.2) is 4.98 Å². The van der Waals surface area contributed by atoms with Gasteiger partial charge in [-0.2, -0.15) is 0 Å². The van der Waals surface area contributed by atoms with Crippen molar-refractivity contribution in [3.8, 4) is 16.3 Å². The highest BCUT2D eigenvalue weighted by Crippen LogP contribution is 2.28. The number of rotatable bonds is 5. The van der Waals surface area contributed by atoms with Crippen LogP contribution in [0.25, 0.3) is 15.5 Å². The lowest BCUT2D eigenvalue weighted by molar-refractivity contribution is -0.115. The largest absolute Gasteiger partial charge is 0.495 e. The molecule has 0 aliphatic heterocycles. The predicted octanol–water partition coefficient (Wildman–Crippen LogP) is 4.62. The summed E-state index contributed by atoms with van der Waals surface area (Å²) in [6.45, 7) is 1.98. The zero-order valence-electron chi connectivity index (χ0n) is 14.4. The molecule has 0 fully saturated rings. The van der Waals surface area contributed by atoms with Crippen LogP contribution in [0.2, 0.25) is 0 Å². The topological polar surface area (TPSA) is 55.6 Å². The van der Waals surface area contributed by atoms with Gasteiger partial charge in [0.2, 0.25) is 5.91 Å². The molecule has 0 atom stereocenters. The van der Waals surface area contributed by atoms with Crippen molar-refractivity contribution in [2.75, 3.05) is 12.4 Å². The molecule has 1 N–H and O–H groups in total. The fourth-order valence-corrected chi connectivity index (χ4v) is 4.33. The molecule has 0 aliphatic rings. The van der Waals surface area contributed by atoms with Crippen LogP contribution in [-0.4, -0.2) is 22.4 Å². The van der Waals surface area contributed by atoms with Crippen molar-refractivity contribution in [1.29, 1.82) is 0 Å². The second-order valence-corrected chi connectivity index (χ2v) is 7.70. The van der Waals surface area contributed by atoms with Gasteiger partial charge in [0.05, 0.1) is 24.1 Å². The van der Waals surface area contributed by atoms with Crippen LogP contribution in [0.4, 0.5) is 5.69 Å². The Hall–Kier alpha value is -2.64. The fourth-order valence-electron chi connectivity index (χ4n) is 2.78. The van der Waals surface area contributed by atoms with Crippen molar-refractivity contribution in [3.63, 3.8) is 0 Å². The zero-order chi connectivity index (χ0) is 18.1. The lowest BCUT2D eigenvalue weighted by Crippen LogP contribution is -2.16. The van der Waals surface area contributed by atoms with Gasteiger partial charge in [-0.05, 0) is 36.1 Å². The fraction of sp³-hybridized carbons (Fsp3) is 0.158. The van der Waals surface area contributed by atoms with Gasteiger partial charge < -0.3 is 10.1 Å². The van der Waals surface area contributed by atoms with Crippen molar-refractivity contribution < 1.29 is 9.53 Å². The summed E-state index contributed by atoms with van der Waals surface area (Å²) in [6, 6.07) is 9.78. The molecule has 0 saturated heterocycles. The summed E-state index contributed by atoms with van der Waals surface area (Å²) >= 11 is 3.20. The molecule has 7 heteroatoms. The highest BCUT2D eigenvalue weighted by Gasteiger charge is 2.14. The van der Waals surface area contributed by atoms with Crippen molar-refractivity contribution in [3.05, 3.63) is 58.5 Å². The van der Waals surface area contributed by atoms with Gasteiger partial charge in [-0.15, -0.1) is 22.7 Å². The van der Waals surface area contributed by atoms with E-state index in [9.17, 15) is 4.79 Å². The van der Waals surface area contributed by atoms with Crippen molar-refractivity contribution in [1.82, 2.24) is 9.38 Å². The van der Waals surface area contributed by atoms with Gasteiger partial charge in [-0.1, -0.05) is 12.1 Å². The number of benzene rings is 1. The summed E-state index contributed by atoms with van der Waals surface area (Å²) in [4.78, 5) is 19.2. The minimum atomic E-state index is -0.0834. The minimum Gasteiger partial charge on any atom is -0.495 e. The maximum atomic E-state index is 12.5. The first-order valence-corrected chi connectivity index (χ1v) is 9.84. The molecule has 3 aromatic heterocycles. The predicted molar refractivity (Wildman–Crippen MR) is 106 cm³/mol. The summed E-state index contributed by atoms with van der Waals surface area (Å²) < 4.78 is 7.32. The van der Waals surface area contributed by atoms with E-state index in [4.69, 9.17) is 4.74 Å². The van der Waals surface area contributed by atoms with Crippen molar-refractivity contribution in [2.45, 2.75) is 13.3 Å². The van der Waals surface area contributed by atoms with Crippen LogP contribution in [-0.2, 0) is 11.2 Å². The molecule has 0 aliphatic carbocycles. The number of fused-ring (bicyclic) bond motifs is 1. The van der Waals surface area contributed by atoms with Crippen LogP contribution in [0.15, 0.2) is 47.3 Å². The van der Waals surface area contributed by atoms with E-state index < -0.39 is 0 Å². The molecule has 0 radical (unpaired) electrons. The first-order chi connectivity index (χ1) is 12.6. The third-order valence-corrected chi connectivity index (χ3v) is 5.81. The molecule has 0 saturated carbocycles. The number of nitrogens with one attached hydrogen (secondary N) is 1. The van der Waals surface area contributed by atoms with E-state index in [2.05, 4.69) is 10.3 Å². The molecule has 5 nitrogen and oxygen atoms in total. The van der Waals surface area contributed by atoms with Gasteiger partial charge in [0.1, 0.15) is 11.4 Å². The second kappa shape index (κ2) is 6.93. The van der Waals surface area contributed by atoms with E-state index in [-0.39, 0.29) is 12.3 Å². The van der Waals surface area contributed by atoms with E-state index in [1.165, 1.54) is 0 Å². The lowest BCUT2D eigenvalue weighted by Gasteiger charge is -2.10. The maximum Gasteiger partial charge on any atom is 0.230 e. The zero-order valence-corrected chi connectivity index (χ0v) is 16.0. The Labute approximate surface area is 158 Å². The molecule has 4 aromatic rings. The van der Waals surface area contributed by atoms with E-state index in [0.29, 0.717) is 11.4 Å². The number of thiophene rings is 1. The number of aryl methyl sites for hydroxylation is 1. The summed E-state index contributed by atoms with van der Waals surface area (Å²) in [6.07, 6.45) is 2.27. The van der Waals surface area contributed by atoms with Crippen molar-refractivity contribution >= 4 is 39.2 Å². The summed E-state index contributed by atoms with van der Waals surface area (Å²) in [7, 11) is 1.60. The van der Waals surface area contributed by atoms with Crippen LogP contribution in [0.1, 0.15) is 11.3 Å². The number of nitrogens with zero attached hydrogens (tertiary/aromatic N) is 2. The Morgan fingerprint density at radius 2 is 2.19 bits per heavy atom. The van der Waals surface area contributed by atoms with Crippen LogP contribution >= 0.6 is 22.7 Å². The average Bonchev–Trinajstić information content (AvgIpc) is 3.32. The SMILES string of the molecule is COc1ccc(C)cc1NC(=O)Cc1csc2nc(-c3cccs3)cn12. The van der Waals surface area contributed by atoms with Gasteiger partial charge >= 0.3 is 0 Å². The Morgan fingerprint density at radius 1 is 1.31 bits per heavy atom. The Kier molecular flexibility index (Phi) is 4.48.